The largest absolute Gasteiger partial charge is 0.310 e. The average molecular weight is 342 g/mol. The first kappa shape index (κ1) is 16.6. The third kappa shape index (κ3) is 4.40. The van der Waals surface area contributed by atoms with Crippen LogP contribution >= 0.6 is 11.6 Å². The fraction of sp³-hybridized carbons (Fsp3) is 0.278. The molecule has 0 spiro atoms. The summed E-state index contributed by atoms with van der Waals surface area (Å²) in [5, 5.41) is 11.4. The van der Waals surface area contributed by atoms with Crippen molar-refractivity contribution in [3.8, 4) is 11.4 Å². The number of aryl methyl sites for hydroxylation is 1. The predicted octanol–water partition coefficient (Wildman–Crippen LogP) is 3.55. The van der Waals surface area contributed by atoms with Crippen LogP contribution in [0.1, 0.15) is 23.9 Å². The highest BCUT2D eigenvalue weighted by atomic mass is 35.5. The van der Waals surface area contributed by atoms with Gasteiger partial charge in [0, 0.05) is 53.2 Å². The molecule has 0 amide bonds. The molecule has 24 heavy (non-hydrogen) atoms. The molecule has 5 nitrogen and oxygen atoms in total. The van der Waals surface area contributed by atoms with Gasteiger partial charge in [-0.25, -0.2) is 9.97 Å². The zero-order valence-corrected chi connectivity index (χ0v) is 14.5. The van der Waals surface area contributed by atoms with Gasteiger partial charge in [-0.05, 0) is 44.2 Å². The summed E-state index contributed by atoms with van der Waals surface area (Å²) in [5.41, 5.74) is 4.17. The van der Waals surface area contributed by atoms with Crippen molar-refractivity contribution >= 4 is 11.6 Å². The Balaban J connectivity index is 1.55. The van der Waals surface area contributed by atoms with Crippen LogP contribution in [0.5, 0.6) is 0 Å². The monoisotopic (exact) mass is 341 g/mol. The molecule has 0 aliphatic carbocycles. The SMILES string of the molecule is Cc1cc(CC(C)NCc2cnc(-c3ccc(Cl)cc3)nc2)n[nH]1. The highest BCUT2D eigenvalue weighted by Gasteiger charge is 2.07. The topological polar surface area (TPSA) is 66.5 Å². The van der Waals surface area contributed by atoms with Gasteiger partial charge in [-0.3, -0.25) is 5.10 Å². The maximum Gasteiger partial charge on any atom is 0.159 e. The molecule has 0 radical (unpaired) electrons. The lowest BCUT2D eigenvalue weighted by Crippen LogP contribution is -2.27. The second-order valence-corrected chi connectivity index (χ2v) is 6.39. The Kier molecular flexibility index (Phi) is 5.23. The molecule has 2 N–H and O–H groups in total. The number of nitrogens with one attached hydrogen (secondary N) is 2. The third-order valence-corrected chi connectivity index (χ3v) is 3.99. The van der Waals surface area contributed by atoms with E-state index in [0.29, 0.717) is 16.9 Å². The molecule has 3 rings (SSSR count). The van der Waals surface area contributed by atoms with Crippen LogP contribution in [0.15, 0.2) is 42.7 Å². The zero-order valence-electron chi connectivity index (χ0n) is 13.8. The molecule has 3 aromatic rings. The van der Waals surface area contributed by atoms with Crippen molar-refractivity contribution in [3.63, 3.8) is 0 Å². The van der Waals surface area contributed by atoms with Gasteiger partial charge in [0.25, 0.3) is 0 Å². The molecule has 1 atom stereocenters. The maximum absolute atomic E-state index is 5.90. The molecule has 1 unspecified atom stereocenters. The fourth-order valence-electron chi connectivity index (χ4n) is 2.45. The molecular weight excluding hydrogens is 322 g/mol. The quantitative estimate of drug-likeness (QED) is 0.719. The highest BCUT2D eigenvalue weighted by molar-refractivity contribution is 6.30. The number of nitrogens with zero attached hydrogens (tertiary/aromatic N) is 3. The predicted molar refractivity (Wildman–Crippen MR) is 95.8 cm³/mol. The molecule has 0 saturated heterocycles. The Bertz CT molecular complexity index is 780. The number of rotatable bonds is 6. The summed E-state index contributed by atoms with van der Waals surface area (Å²) in [6.07, 6.45) is 4.60. The summed E-state index contributed by atoms with van der Waals surface area (Å²) in [4.78, 5) is 8.86. The van der Waals surface area contributed by atoms with Crippen molar-refractivity contribution in [2.24, 2.45) is 0 Å². The van der Waals surface area contributed by atoms with E-state index in [1.807, 2.05) is 43.6 Å². The Morgan fingerprint density at radius 1 is 1.17 bits per heavy atom. The standard InChI is InChI=1S/C18H20ClN5/c1-12(7-17-8-13(2)23-24-17)20-9-14-10-21-18(22-11-14)15-3-5-16(19)6-4-15/h3-6,8,10-12,20H,7,9H2,1-2H3,(H,23,24). The van der Waals surface area contributed by atoms with Crippen molar-refractivity contribution in [2.45, 2.75) is 32.9 Å². The van der Waals surface area contributed by atoms with Crippen LogP contribution < -0.4 is 5.32 Å². The van der Waals surface area contributed by atoms with E-state index in [1.165, 1.54) is 0 Å². The number of benzene rings is 1. The average Bonchev–Trinajstić information content (AvgIpc) is 2.99. The van der Waals surface area contributed by atoms with Crippen LogP contribution in [-0.4, -0.2) is 26.2 Å². The number of hydrogen-bond acceptors (Lipinski definition) is 4. The van der Waals surface area contributed by atoms with Crippen molar-refractivity contribution < 1.29 is 0 Å². The van der Waals surface area contributed by atoms with E-state index >= 15 is 0 Å². The summed E-state index contributed by atoms with van der Waals surface area (Å²) in [6.45, 7) is 4.88. The molecule has 2 heterocycles. The van der Waals surface area contributed by atoms with Crippen molar-refractivity contribution in [2.75, 3.05) is 0 Å². The van der Waals surface area contributed by atoms with Gasteiger partial charge in [0.1, 0.15) is 0 Å². The minimum atomic E-state index is 0.323. The molecule has 0 saturated carbocycles. The van der Waals surface area contributed by atoms with E-state index in [4.69, 9.17) is 11.6 Å². The van der Waals surface area contributed by atoms with Crippen LogP contribution in [0.25, 0.3) is 11.4 Å². The summed E-state index contributed by atoms with van der Waals surface area (Å²) in [5.74, 6) is 0.704. The second-order valence-electron chi connectivity index (χ2n) is 5.95. The van der Waals surface area contributed by atoms with Gasteiger partial charge < -0.3 is 5.32 Å². The molecule has 6 heteroatoms. The Labute approximate surface area is 146 Å². The van der Waals surface area contributed by atoms with Gasteiger partial charge in [-0.2, -0.15) is 5.10 Å². The van der Waals surface area contributed by atoms with Gasteiger partial charge in [-0.1, -0.05) is 11.6 Å². The van der Waals surface area contributed by atoms with Gasteiger partial charge in [-0.15, -0.1) is 0 Å². The molecule has 1 aromatic carbocycles. The molecule has 124 valence electrons. The van der Waals surface area contributed by atoms with E-state index in [-0.39, 0.29) is 0 Å². The van der Waals surface area contributed by atoms with Crippen LogP contribution in [0.3, 0.4) is 0 Å². The van der Waals surface area contributed by atoms with Crippen LogP contribution in [0, 0.1) is 6.92 Å². The van der Waals surface area contributed by atoms with Crippen molar-refractivity contribution in [1.82, 2.24) is 25.5 Å². The zero-order chi connectivity index (χ0) is 16.9. The number of halogens is 1. The lowest BCUT2D eigenvalue weighted by Gasteiger charge is -2.12. The summed E-state index contributed by atoms with van der Waals surface area (Å²) >= 11 is 5.90. The smallest absolute Gasteiger partial charge is 0.159 e. The molecule has 0 aliphatic heterocycles. The third-order valence-electron chi connectivity index (χ3n) is 3.74. The van der Waals surface area contributed by atoms with Crippen molar-refractivity contribution in [1.29, 1.82) is 0 Å². The molecular formula is C18H20ClN5. The van der Waals surface area contributed by atoms with Gasteiger partial charge >= 0.3 is 0 Å². The highest BCUT2D eigenvalue weighted by Crippen LogP contribution is 2.17. The minimum absolute atomic E-state index is 0.323. The number of aromatic nitrogens is 4. The van der Waals surface area contributed by atoms with E-state index in [0.717, 1.165) is 35.5 Å². The normalized spacial score (nSPS) is 12.3. The summed E-state index contributed by atoms with van der Waals surface area (Å²) in [6, 6.07) is 9.92. The lowest BCUT2D eigenvalue weighted by atomic mass is 10.1. The fourth-order valence-corrected chi connectivity index (χ4v) is 2.58. The Morgan fingerprint density at radius 2 is 1.88 bits per heavy atom. The van der Waals surface area contributed by atoms with Crippen LogP contribution in [-0.2, 0) is 13.0 Å². The lowest BCUT2D eigenvalue weighted by molar-refractivity contribution is 0.538. The Hall–Kier alpha value is -2.24. The van der Waals surface area contributed by atoms with Crippen molar-refractivity contribution in [3.05, 3.63) is 64.7 Å². The maximum atomic E-state index is 5.90. The van der Waals surface area contributed by atoms with Gasteiger partial charge in [0.15, 0.2) is 5.82 Å². The van der Waals surface area contributed by atoms with Crippen LogP contribution in [0.4, 0.5) is 0 Å². The van der Waals surface area contributed by atoms with Crippen LogP contribution in [0.2, 0.25) is 5.02 Å². The Morgan fingerprint density at radius 3 is 2.50 bits per heavy atom. The van der Waals surface area contributed by atoms with E-state index in [1.54, 1.807) is 0 Å². The number of H-pyrrole nitrogens is 1. The minimum Gasteiger partial charge on any atom is -0.310 e. The molecule has 0 aliphatic rings. The first-order chi connectivity index (χ1) is 11.6. The first-order valence-corrected chi connectivity index (χ1v) is 8.29. The molecule has 2 aromatic heterocycles. The van der Waals surface area contributed by atoms with E-state index < -0.39 is 0 Å². The second kappa shape index (κ2) is 7.55. The summed E-state index contributed by atoms with van der Waals surface area (Å²) < 4.78 is 0. The number of hydrogen-bond donors (Lipinski definition) is 2. The summed E-state index contributed by atoms with van der Waals surface area (Å²) in [7, 11) is 0. The van der Waals surface area contributed by atoms with E-state index in [2.05, 4.69) is 38.5 Å². The molecule has 0 bridgehead atoms. The number of aromatic amines is 1. The van der Waals surface area contributed by atoms with Gasteiger partial charge in [0.2, 0.25) is 0 Å². The van der Waals surface area contributed by atoms with Gasteiger partial charge in [0.05, 0.1) is 5.69 Å². The molecule has 0 fully saturated rings. The van der Waals surface area contributed by atoms with E-state index in [9.17, 15) is 0 Å². The first-order valence-electron chi connectivity index (χ1n) is 7.91.